The number of cyclic esters (lactones) is 1. The van der Waals surface area contributed by atoms with E-state index < -0.39 is 11.4 Å². The molecule has 0 spiro atoms. The van der Waals surface area contributed by atoms with Crippen LogP contribution in [0.25, 0.3) is 0 Å². The van der Waals surface area contributed by atoms with Crippen LogP contribution in [-0.2, 0) is 14.3 Å². The third-order valence-corrected chi connectivity index (χ3v) is 2.56. The second-order valence-electron chi connectivity index (χ2n) is 3.27. The monoisotopic (exact) mass is 169 g/mol. The van der Waals surface area contributed by atoms with Crippen molar-refractivity contribution >= 4 is 11.8 Å². The summed E-state index contributed by atoms with van der Waals surface area (Å²) in [6.07, 6.45) is 0.359. The van der Waals surface area contributed by atoms with E-state index in [-0.39, 0.29) is 18.3 Å². The molecule has 1 fully saturated rings. The maximum absolute atomic E-state index is 11.4. The number of rotatable bonds is 2. The van der Waals surface area contributed by atoms with E-state index in [9.17, 15) is 9.59 Å². The SMILES string of the molecule is [CH2][C@H]1COC(=O)[C@@]1(C)C(=O)CC. The summed E-state index contributed by atoms with van der Waals surface area (Å²) in [6, 6.07) is 0. The number of carbonyl (C=O) groups excluding carboxylic acids is 2. The van der Waals surface area contributed by atoms with Crippen molar-refractivity contribution < 1.29 is 14.3 Å². The van der Waals surface area contributed by atoms with Crippen molar-refractivity contribution in [2.45, 2.75) is 20.3 Å². The molecule has 1 radical (unpaired) electrons. The third kappa shape index (κ3) is 1.04. The summed E-state index contributed by atoms with van der Waals surface area (Å²) >= 11 is 0. The summed E-state index contributed by atoms with van der Waals surface area (Å²) in [5.74, 6) is -0.739. The van der Waals surface area contributed by atoms with Crippen LogP contribution in [-0.4, -0.2) is 18.4 Å². The highest BCUT2D eigenvalue weighted by molar-refractivity contribution is 6.04. The molecule has 1 rings (SSSR count). The Kier molecular flexibility index (Phi) is 2.22. The van der Waals surface area contributed by atoms with Gasteiger partial charge in [-0.25, -0.2) is 0 Å². The summed E-state index contributed by atoms with van der Waals surface area (Å²) < 4.78 is 4.78. The molecule has 3 heteroatoms. The van der Waals surface area contributed by atoms with Crippen LogP contribution in [0.4, 0.5) is 0 Å². The highest BCUT2D eigenvalue weighted by Gasteiger charge is 2.50. The molecule has 67 valence electrons. The molecule has 3 nitrogen and oxygen atoms in total. The average molecular weight is 169 g/mol. The molecular weight excluding hydrogens is 156 g/mol. The topological polar surface area (TPSA) is 43.4 Å². The van der Waals surface area contributed by atoms with E-state index in [1.807, 2.05) is 0 Å². The first-order valence-corrected chi connectivity index (χ1v) is 4.07. The lowest BCUT2D eigenvalue weighted by atomic mass is 9.76. The molecule has 1 aliphatic heterocycles. The van der Waals surface area contributed by atoms with E-state index in [4.69, 9.17) is 4.74 Å². The van der Waals surface area contributed by atoms with Gasteiger partial charge in [0.2, 0.25) is 0 Å². The molecule has 0 aromatic carbocycles. The second-order valence-corrected chi connectivity index (χ2v) is 3.27. The first-order valence-electron chi connectivity index (χ1n) is 4.07. The molecule has 1 saturated heterocycles. The number of hydrogen-bond acceptors (Lipinski definition) is 3. The van der Waals surface area contributed by atoms with Crippen LogP contribution in [0, 0.1) is 18.3 Å². The normalized spacial score (nSPS) is 34.9. The number of carbonyl (C=O) groups is 2. The van der Waals surface area contributed by atoms with Crippen molar-refractivity contribution in [1.29, 1.82) is 0 Å². The number of ether oxygens (including phenoxy) is 1. The summed E-state index contributed by atoms with van der Waals surface area (Å²) in [4.78, 5) is 22.6. The fourth-order valence-electron chi connectivity index (χ4n) is 1.37. The Bertz CT molecular complexity index is 222. The van der Waals surface area contributed by atoms with Crippen LogP contribution < -0.4 is 0 Å². The lowest BCUT2D eigenvalue weighted by Crippen LogP contribution is -2.37. The van der Waals surface area contributed by atoms with Gasteiger partial charge in [0.1, 0.15) is 11.2 Å². The van der Waals surface area contributed by atoms with Gasteiger partial charge in [-0.2, -0.15) is 0 Å². The molecule has 0 amide bonds. The molecule has 0 bridgehead atoms. The van der Waals surface area contributed by atoms with E-state index in [1.54, 1.807) is 13.8 Å². The highest BCUT2D eigenvalue weighted by Crippen LogP contribution is 2.36. The van der Waals surface area contributed by atoms with Crippen molar-refractivity contribution in [2.75, 3.05) is 6.61 Å². The number of ketones is 1. The molecule has 0 N–H and O–H groups in total. The van der Waals surface area contributed by atoms with E-state index in [1.165, 1.54) is 0 Å². The highest BCUT2D eigenvalue weighted by atomic mass is 16.5. The lowest BCUT2D eigenvalue weighted by Gasteiger charge is -2.20. The Morgan fingerprint density at radius 3 is 2.75 bits per heavy atom. The van der Waals surface area contributed by atoms with E-state index in [0.29, 0.717) is 6.42 Å². The Morgan fingerprint density at radius 2 is 2.42 bits per heavy atom. The summed E-state index contributed by atoms with van der Waals surface area (Å²) in [6.45, 7) is 7.37. The molecular formula is C9H13O3. The third-order valence-electron chi connectivity index (χ3n) is 2.56. The van der Waals surface area contributed by atoms with E-state index >= 15 is 0 Å². The number of esters is 1. The lowest BCUT2D eigenvalue weighted by molar-refractivity contribution is -0.150. The predicted octanol–water partition coefficient (Wildman–Crippen LogP) is 0.979. The van der Waals surface area contributed by atoms with Gasteiger partial charge in [0.15, 0.2) is 0 Å². The molecule has 2 atom stereocenters. The Labute approximate surface area is 72.1 Å². The van der Waals surface area contributed by atoms with Gasteiger partial charge in [-0.3, -0.25) is 9.59 Å². The first kappa shape index (κ1) is 9.23. The Balaban J connectivity index is 2.94. The zero-order chi connectivity index (χ0) is 9.35. The molecule has 0 aromatic rings. The van der Waals surface area contributed by atoms with Gasteiger partial charge in [0, 0.05) is 12.3 Å². The van der Waals surface area contributed by atoms with Crippen LogP contribution >= 0.6 is 0 Å². The molecule has 0 unspecified atom stereocenters. The van der Waals surface area contributed by atoms with Crippen LogP contribution in [0.3, 0.4) is 0 Å². The second kappa shape index (κ2) is 2.88. The standard InChI is InChI=1S/C9H13O3/c1-4-7(10)9(3)6(2)5-12-8(9)11/h6H,2,4-5H2,1,3H3/t6-,9+/m0/s1. The fourth-order valence-corrected chi connectivity index (χ4v) is 1.37. The Hall–Kier alpha value is -0.860. The molecule has 1 heterocycles. The molecule has 0 aliphatic carbocycles. The van der Waals surface area contributed by atoms with Crippen molar-refractivity contribution in [3.8, 4) is 0 Å². The van der Waals surface area contributed by atoms with Crippen LogP contribution in [0.2, 0.25) is 0 Å². The summed E-state index contributed by atoms with van der Waals surface area (Å²) in [5.41, 5.74) is -0.991. The van der Waals surface area contributed by atoms with Crippen LogP contribution in [0.15, 0.2) is 0 Å². The first-order chi connectivity index (χ1) is 5.53. The van der Waals surface area contributed by atoms with Gasteiger partial charge >= 0.3 is 5.97 Å². The molecule has 0 saturated carbocycles. The minimum Gasteiger partial charge on any atom is -0.465 e. The fraction of sp³-hybridized carbons (Fsp3) is 0.667. The maximum Gasteiger partial charge on any atom is 0.319 e. The minimum atomic E-state index is -0.991. The van der Waals surface area contributed by atoms with Gasteiger partial charge in [-0.05, 0) is 13.8 Å². The number of hydrogen-bond donors (Lipinski definition) is 0. The predicted molar refractivity (Wildman–Crippen MR) is 43.2 cm³/mol. The summed E-state index contributed by atoms with van der Waals surface area (Å²) in [5, 5.41) is 0. The van der Waals surface area contributed by atoms with Crippen LogP contribution in [0.1, 0.15) is 20.3 Å². The smallest absolute Gasteiger partial charge is 0.319 e. The molecule has 1 aliphatic rings. The van der Waals surface area contributed by atoms with Crippen LogP contribution in [0.5, 0.6) is 0 Å². The van der Waals surface area contributed by atoms with E-state index in [0.717, 1.165) is 0 Å². The van der Waals surface area contributed by atoms with Gasteiger partial charge in [-0.1, -0.05) is 6.92 Å². The zero-order valence-corrected chi connectivity index (χ0v) is 7.42. The summed E-state index contributed by atoms with van der Waals surface area (Å²) in [7, 11) is 0. The average Bonchev–Trinajstić information content (AvgIpc) is 2.32. The Morgan fingerprint density at radius 1 is 1.83 bits per heavy atom. The van der Waals surface area contributed by atoms with Gasteiger partial charge in [0.25, 0.3) is 0 Å². The van der Waals surface area contributed by atoms with Gasteiger partial charge in [-0.15, -0.1) is 0 Å². The van der Waals surface area contributed by atoms with Crippen molar-refractivity contribution in [2.24, 2.45) is 11.3 Å². The molecule has 0 aromatic heterocycles. The van der Waals surface area contributed by atoms with Gasteiger partial charge in [0.05, 0.1) is 6.61 Å². The van der Waals surface area contributed by atoms with Crippen molar-refractivity contribution in [3.05, 3.63) is 6.92 Å². The quantitative estimate of drug-likeness (QED) is 0.457. The zero-order valence-electron chi connectivity index (χ0n) is 7.42. The van der Waals surface area contributed by atoms with Crippen molar-refractivity contribution in [3.63, 3.8) is 0 Å². The van der Waals surface area contributed by atoms with E-state index in [2.05, 4.69) is 6.92 Å². The van der Waals surface area contributed by atoms with Crippen molar-refractivity contribution in [1.82, 2.24) is 0 Å². The largest absolute Gasteiger partial charge is 0.465 e. The number of Topliss-reactive ketones (excluding diaryl/α,β-unsaturated/α-hetero) is 1. The van der Waals surface area contributed by atoms with Gasteiger partial charge < -0.3 is 4.74 Å². The maximum atomic E-state index is 11.4. The molecule has 12 heavy (non-hydrogen) atoms. The minimum absolute atomic E-state index is 0.0787.